The number of imide groups is 1. The molecule has 3 aliphatic rings. The van der Waals surface area contributed by atoms with E-state index < -0.39 is 5.91 Å². The van der Waals surface area contributed by atoms with Crippen LogP contribution in [0.2, 0.25) is 0 Å². The van der Waals surface area contributed by atoms with E-state index in [2.05, 4.69) is 36.3 Å². The Bertz CT molecular complexity index is 1090. The van der Waals surface area contributed by atoms with Crippen LogP contribution >= 0.6 is 11.3 Å². The van der Waals surface area contributed by atoms with Crippen molar-refractivity contribution in [2.75, 3.05) is 11.9 Å². The van der Waals surface area contributed by atoms with Crippen molar-refractivity contribution in [3.8, 4) is 11.3 Å². The average Bonchev–Trinajstić information content (AvgIpc) is 3.46. The molecule has 1 saturated carbocycles. The van der Waals surface area contributed by atoms with E-state index in [0.717, 1.165) is 28.1 Å². The van der Waals surface area contributed by atoms with E-state index in [9.17, 15) is 14.4 Å². The number of anilines is 1. The second-order valence-corrected chi connectivity index (χ2v) is 9.46. The molecule has 2 fully saturated rings. The van der Waals surface area contributed by atoms with Crippen molar-refractivity contribution >= 4 is 34.2 Å². The summed E-state index contributed by atoms with van der Waals surface area (Å²) in [5.41, 5.74) is 5.39. The lowest BCUT2D eigenvalue weighted by Crippen LogP contribution is -2.39. The molecule has 2 heterocycles. The second-order valence-electron chi connectivity index (χ2n) is 8.60. The van der Waals surface area contributed by atoms with Crippen molar-refractivity contribution < 1.29 is 14.4 Å². The van der Waals surface area contributed by atoms with Gasteiger partial charge in [0.15, 0.2) is 5.13 Å². The number of thiazole rings is 1. The summed E-state index contributed by atoms with van der Waals surface area (Å²) in [5, 5.41) is 5.13. The molecule has 3 amide bonds. The van der Waals surface area contributed by atoms with Crippen LogP contribution in [0.4, 0.5) is 5.13 Å². The Morgan fingerprint density at radius 3 is 2.37 bits per heavy atom. The van der Waals surface area contributed by atoms with E-state index in [-0.39, 0.29) is 42.0 Å². The molecule has 30 heavy (non-hydrogen) atoms. The smallest absolute Gasteiger partial charge is 0.246 e. The highest BCUT2D eigenvalue weighted by atomic mass is 32.1. The maximum atomic E-state index is 12.7. The third-order valence-electron chi connectivity index (χ3n) is 6.73. The van der Waals surface area contributed by atoms with Crippen LogP contribution in [-0.2, 0) is 14.4 Å². The second kappa shape index (κ2) is 6.87. The van der Waals surface area contributed by atoms with Crippen LogP contribution in [-0.4, -0.2) is 34.2 Å². The number of carbonyl (C=O) groups is 3. The molecule has 154 valence electrons. The van der Waals surface area contributed by atoms with Gasteiger partial charge in [0, 0.05) is 10.9 Å². The van der Waals surface area contributed by atoms with Gasteiger partial charge in [-0.1, -0.05) is 18.2 Å². The quantitative estimate of drug-likeness (QED) is 0.606. The zero-order valence-electron chi connectivity index (χ0n) is 17.1. The molecule has 6 nitrogen and oxygen atoms in total. The number of aryl methyl sites for hydroxylation is 3. The fourth-order valence-electron chi connectivity index (χ4n) is 5.11. The summed E-state index contributed by atoms with van der Waals surface area (Å²) < 4.78 is 0. The lowest BCUT2D eigenvalue weighted by Gasteiger charge is -2.16. The first-order chi connectivity index (χ1) is 14.3. The molecular weight excluding hydrogens is 398 g/mol. The molecule has 1 aromatic carbocycles. The van der Waals surface area contributed by atoms with Gasteiger partial charge in [0.1, 0.15) is 6.54 Å². The highest BCUT2D eigenvalue weighted by Gasteiger charge is 2.59. The first-order valence-corrected chi connectivity index (χ1v) is 11.1. The van der Waals surface area contributed by atoms with Gasteiger partial charge in [0.2, 0.25) is 17.7 Å². The van der Waals surface area contributed by atoms with E-state index >= 15 is 0 Å². The van der Waals surface area contributed by atoms with Gasteiger partial charge in [0.25, 0.3) is 0 Å². The van der Waals surface area contributed by atoms with Gasteiger partial charge in [-0.05, 0) is 61.8 Å². The first kappa shape index (κ1) is 19.2. The van der Waals surface area contributed by atoms with Gasteiger partial charge in [-0.2, -0.15) is 0 Å². The molecule has 2 aromatic rings. The van der Waals surface area contributed by atoms with Crippen LogP contribution in [0.1, 0.15) is 23.1 Å². The molecule has 1 aliphatic heterocycles. The number of nitrogens with zero attached hydrogens (tertiary/aromatic N) is 2. The summed E-state index contributed by atoms with van der Waals surface area (Å²) >= 11 is 1.34. The standard InChI is InChI=1S/C23H23N3O3S/c1-11-6-13(3)16(7-12(11)2)17-10-30-23(24-17)25-18(27)9-26-21(28)19-14-4-5-15(8-14)20(19)22(26)29/h4-7,10,14-15,19-20H,8-9H2,1-3H3,(H,24,25,27). The molecule has 5 rings (SSSR count). The number of allylic oxidation sites excluding steroid dienone is 2. The van der Waals surface area contributed by atoms with Gasteiger partial charge in [-0.25, -0.2) is 4.98 Å². The van der Waals surface area contributed by atoms with Crippen molar-refractivity contribution in [2.24, 2.45) is 23.7 Å². The van der Waals surface area contributed by atoms with Crippen LogP contribution in [0.3, 0.4) is 0 Å². The largest absolute Gasteiger partial charge is 0.300 e. The van der Waals surface area contributed by atoms with E-state index in [0.29, 0.717) is 5.13 Å². The number of benzene rings is 1. The van der Waals surface area contributed by atoms with Crippen LogP contribution in [0.5, 0.6) is 0 Å². The highest BCUT2D eigenvalue weighted by Crippen LogP contribution is 2.52. The van der Waals surface area contributed by atoms with Crippen molar-refractivity contribution in [3.05, 3.63) is 46.4 Å². The summed E-state index contributed by atoms with van der Waals surface area (Å²) in [4.78, 5) is 43.7. The zero-order chi connectivity index (χ0) is 21.2. The lowest BCUT2D eigenvalue weighted by molar-refractivity contribution is -0.143. The van der Waals surface area contributed by atoms with Gasteiger partial charge in [-0.3, -0.25) is 19.3 Å². The minimum atomic E-state index is -0.394. The molecule has 0 spiro atoms. The van der Waals surface area contributed by atoms with Crippen LogP contribution < -0.4 is 5.32 Å². The summed E-state index contributed by atoms with van der Waals surface area (Å²) in [6, 6.07) is 4.24. The Labute approximate surface area is 179 Å². The number of hydrogen-bond acceptors (Lipinski definition) is 5. The summed E-state index contributed by atoms with van der Waals surface area (Å²) in [6.45, 7) is 5.94. The van der Waals surface area contributed by atoms with E-state index in [4.69, 9.17) is 0 Å². The third kappa shape index (κ3) is 2.91. The Morgan fingerprint density at radius 2 is 1.70 bits per heavy atom. The van der Waals surface area contributed by atoms with Crippen molar-refractivity contribution in [2.45, 2.75) is 27.2 Å². The molecule has 2 aliphatic carbocycles. The monoisotopic (exact) mass is 421 g/mol. The number of carbonyl (C=O) groups excluding carboxylic acids is 3. The number of fused-ring (bicyclic) bond motifs is 5. The predicted octanol–water partition coefficient (Wildman–Crippen LogP) is 3.48. The Hall–Kier alpha value is -2.80. The number of amides is 3. The zero-order valence-corrected chi connectivity index (χ0v) is 18.0. The molecule has 4 unspecified atom stereocenters. The summed E-state index contributed by atoms with van der Waals surface area (Å²) in [5.74, 6) is -1.07. The number of likely N-dealkylation sites (tertiary alicyclic amines) is 1. The van der Waals surface area contributed by atoms with Gasteiger partial charge >= 0.3 is 0 Å². The lowest BCUT2D eigenvalue weighted by atomic mass is 9.85. The molecule has 2 bridgehead atoms. The van der Waals surface area contributed by atoms with E-state index in [1.807, 2.05) is 24.5 Å². The molecule has 1 aromatic heterocycles. The molecule has 4 atom stereocenters. The third-order valence-corrected chi connectivity index (χ3v) is 7.49. The number of rotatable bonds is 4. The number of nitrogens with one attached hydrogen (secondary N) is 1. The first-order valence-electron chi connectivity index (χ1n) is 10.2. The van der Waals surface area contributed by atoms with Gasteiger partial charge in [-0.15, -0.1) is 11.3 Å². The number of aromatic nitrogens is 1. The minimum absolute atomic E-state index is 0.146. The number of hydrogen-bond donors (Lipinski definition) is 1. The maximum absolute atomic E-state index is 12.7. The van der Waals surface area contributed by atoms with E-state index in [1.165, 1.54) is 22.5 Å². The summed E-state index contributed by atoms with van der Waals surface area (Å²) in [7, 11) is 0. The fourth-order valence-corrected chi connectivity index (χ4v) is 5.84. The average molecular weight is 422 g/mol. The van der Waals surface area contributed by atoms with Gasteiger partial charge in [0.05, 0.1) is 17.5 Å². The van der Waals surface area contributed by atoms with Crippen LogP contribution in [0.25, 0.3) is 11.3 Å². The van der Waals surface area contributed by atoms with E-state index in [1.54, 1.807) is 0 Å². The van der Waals surface area contributed by atoms with Crippen molar-refractivity contribution in [1.82, 2.24) is 9.88 Å². The Balaban J connectivity index is 1.28. The van der Waals surface area contributed by atoms with Gasteiger partial charge < -0.3 is 5.32 Å². The maximum Gasteiger partial charge on any atom is 0.246 e. The normalized spacial score (nSPS) is 26.6. The highest BCUT2D eigenvalue weighted by molar-refractivity contribution is 7.14. The van der Waals surface area contributed by atoms with Crippen molar-refractivity contribution in [3.63, 3.8) is 0 Å². The van der Waals surface area contributed by atoms with Crippen molar-refractivity contribution in [1.29, 1.82) is 0 Å². The van der Waals surface area contributed by atoms with Crippen LogP contribution in [0.15, 0.2) is 29.7 Å². The molecule has 1 N–H and O–H groups in total. The topological polar surface area (TPSA) is 79.4 Å². The SMILES string of the molecule is Cc1cc(C)c(-c2csc(NC(=O)CN3C(=O)C4C5C=CC(C5)C4C3=O)n2)cc1C. The molecular formula is C23H23N3O3S. The summed E-state index contributed by atoms with van der Waals surface area (Å²) in [6.07, 6.45) is 4.98. The van der Waals surface area contributed by atoms with Crippen LogP contribution in [0, 0.1) is 44.4 Å². The Morgan fingerprint density at radius 1 is 1.07 bits per heavy atom. The molecule has 1 saturated heterocycles. The Kier molecular flexibility index (Phi) is 4.39. The molecule has 0 radical (unpaired) electrons. The minimum Gasteiger partial charge on any atom is -0.300 e. The predicted molar refractivity (Wildman–Crippen MR) is 115 cm³/mol. The molecule has 7 heteroatoms. The fraction of sp³-hybridized carbons (Fsp3) is 0.391.